The van der Waals surface area contributed by atoms with Crippen LogP contribution in [0.3, 0.4) is 0 Å². The number of carbonyl (C=O) groups excluding carboxylic acids is 1. The molecule has 3 atom stereocenters. The zero-order chi connectivity index (χ0) is 20.1. The quantitative estimate of drug-likeness (QED) is 0.253. The SMILES string of the molecule is CC1=C(C(=O)OCCC#N)[C@@H](c2cccc([NH+]([O-])O)c2)C([NH+]([O-])O)=C(C)N1. The summed E-state index contributed by atoms with van der Waals surface area (Å²) in [5, 5.41) is 51.1. The highest BCUT2D eigenvalue weighted by molar-refractivity contribution is 5.92. The molecule has 2 rings (SSSR count). The van der Waals surface area contributed by atoms with Gasteiger partial charge in [0.1, 0.15) is 6.61 Å². The fraction of sp³-hybridized carbons (Fsp3) is 0.294. The van der Waals surface area contributed by atoms with Gasteiger partial charge in [-0.25, -0.2) is 15.2 Å². The highest BCUT2D eigenvalue weighted by Crippen LogP contribution is 2.36. The van der Waals surface area contributed by atoms with Gasteiger partial charge in [0.25, 0.3) is 0 Å². The lowest BCUT2D eigenvalue weighted by molar-refractivity contribution is -1.02. The summed E-state index contributed by atoms with van der Waals surface area (Å²) >= 11 is 0. The second-order valence-electron chi connectivity index (χ2n) is 5.92. The van der Waals surface area contributed by atoms with Crippen molar-refractivity contribution < 1.29 is 30.4 Å². The van der Waals surface area contributed by atoms with Crippen LogP contribution in [0.2, 0.25) is 0 Å². The Morgan fingerprint density at radius 3 is 2.59 bits per heavy atom. The number of nitrogens with one attached hydrogen (secondary N) is 3. The largest absolute Gasteiger partial charge is 0.595 e. The Kier molecular flexibility index (Phi) is 6.65. The van der Waals surface area contributed by atoms with Gasteiger partial charge >= 0.3 is 5.97 Å². The van der Waals surface area contributed by atoms with Crippen molar-refractivity contribution in [2.24, 2.45) is 0 Å². The molecule has 0 radical (unpaired) electrons. The Morgan fingerprint density at radius 2 is 2.00 bits per heavy atom. The van der Waals surface area contributed by atoms with Gasteiger partial charge < -0.3 is 20.5 Å². The van der Waals surface area contributed by atoms with E-state index in [1.54, 1.807) is 19.9 Å². The topological polar surface area (TPSA) is 158 Å². The number of esters is 1. The average molecular weight is 376 g/mol. The van der Waals surface area contributed by atoms with Crippen molar-refractivity contribution in [1.29, 1.82) is 5.26 Å². The van der Waals surface area contributed by atoms with Crippen molar-refractivity contribution in [3.8, 4) is 6.07 Å². The fourth-order valence-corrected chi connectivity index (χ4v) is 3.00. The lowest BCUT2D eigenvalue weighted by Crippen LogP contribution is -3.03. The highest BCUT2D eigenvalue weighted by atomic mass is 16.8. The second-order valence-corrected chi connectivity index (χ2v) is 5.92. The Hall–Kier alpha value is -2.78. The molecule has 0 aromatic heterocycles. The number of quaternary nitrogens is 2. The van der Waals surface area contributed by atoms with Crippen LogP contribution in [0.1, 0.15) is 31.7 Å². The van der Waals surface area contributed by atoms with Gasteiger partial charge in [-0.2, -0.15) is 15.7 Å². The molecule has 2 unspecified atom stereocenters. The van der Waals surface area contributed by atoms with Gasteiger partial charge in [0, 0.05) is 17.8 Å². The third-order valence-electron chi connectivity index (χ3n) is 4.12. The van der Waals surface area contributed by atoms with E-state index in [2.05, 4.69) is 5.32 Å². The van der Waals surface area contributed by atoms with E-state index in [1.165, 1.54) is 18.2 Å². The van der Waals surface area contributed by atoms with E-state index in [9.17, 15) is 25.6 Å². The predicted molar refractivity (Wildman–Crippen MR) is 90.8 cm³/mol. The van der Waals surface area contributed by atoms with Gasteiger partial charge in [0.2, 0.25) is 0 Å². The van der Waals surface area contributed by atoms with Gasteiger partial charge in [-0.3, -0.25) is 0 Å². The van der Waals surface area contributed by atoms with E-state index in [4.69, 9.17) is 10.00 Å². The summed E-state index contributed by atoms with van der Waals surface area (Å²) in [4.78, 5) is 12.6. The molecule has 1 aliphatic heterocycles. The number of nitriles is 1. The first-order chi connectivity index (χ1) is 12.8. The van der Waals surface area contributed by atoms with E-state index < -0.39 is 22.3 Å². The number of nitrogens with zero attached hydrogens (tertiary/aromatic N) is 1. The summed E-state index contributed by atoms with van der Waals surface area (Å²) in [6.45, 7) is 3.05. The standard InChI is InChI=1S/C17H20N4O6/c1-10-14(17(22)27-8-4-7-18)15(16(21(25)26)11(2)19-10)12-5-3-6-13(9-12)20(23)24/h3,5-6,9,15,19-21,23,25H,4,8H2,1-2H3/t15-/m1/s1. The Labute approximate surface area is 155 Å². The minimum absolute atomic E-state index is 0.00527. The maximum absolute atomic E-state index is 12.6. The van der Waals surface area contributed by atoms with Crippen molar-refractivity contribution in [3.05, 3.63) is 62.9 Å². The Bertz CT molecular complexity index is 825. The molecule has 144 valence electrons. The van der Waals surface area contributed by atoms with Gasteiger partial charge in [-0.05, 0) is 19.4 Å². The summed E-state index contributed by atoms with van der Waals surface area (Å²) in [6, 6.07) is 7.63. The van der Waals surface area contributed by atoms with Crippen molar-refractivity contribution in [2.45, 2.75) is 26.2 Å². The van der Waals surface area contributed by atoms with Crippen LogP contribution in [-0.4, -0.2) is 23.0 Å². The van der Waals surface area contributed by atoms with E-state index in [0.29, 0.717) is 17.0 Å². The number of dihydropyridines is 1. The molecule has 0 saturated carbocycles. The lowest BCUT2D eigenvalue weighted by Gasteiger charge is -2.32. The molecule has 0 spiro atoms. The molecule has 10 heteroatoms. The smallest absolute Gasteiger partial charge is 0.337 e. The number of hydrogen-bond donors (Lipinski definition) is 5. The van der Waals surface area contributed by atoms with Crippen molar-refractivity contribution in [1.82, 2.24) is 5.32 Å². The first-order valence-electron chi connectivity index (χ1n) is 8.07. The van der Waals surface area contributed by atoms with Gasteiger partial charge in [-0.1, -0.05) is 12.1 Å². The van der Waals surface area contributed by atoms with Crippen LogP contribution in [0.15, 0.2) is 46.9 Å². The zero-order valence-electron chi connectivity index (χ0n) is 14.8. The number of hydrogen-bond acceptors (Lipinski definition) is 8. The average Bonchev–Trinajstić information content (AvgIpc) is 2.60. The van der Waals surface area contributed by atoms with E-state index in [0.717, 1.165) is 0 Å². The number of ether oxygens (including phenoxy) is 1. The van der Waals surface area contributed by atoms with Crippen LogP contribution < -0.4 is 15.8 Å². The van der Waals surface area contributed by atoms with Crippen molar-refractivity contribution in [3.63, 3.8) is 0 Å². The Morgan fingerprint density at radius 1 is 1.30 bits per heavy atom. The molecule has 10 nitrogen and oxygen atoms in total. The maximum Gasteiger partial charge on any atom is 0.337 e. The number of rotatable bonds is 6. The highest BCUT2D eigenvalue weighted by Gasteiger charge is 2.38. The molecule has 0 amide bonds. The van der Waals surface area contributed by atoms with Crippen LogP contribution >= 0.6 is 0 Å². The molecule has 1 aromatic carbocycles. The predicted octanol–water partition coefficient (Wildman–Crippen LogP) is -0.489. The van der Waals surface area contributed by atoms with Crippen LogP contribution in [0.4, 0.5) is 5.69 Å². The first kappa shape index (κ1) is 20.5. The molecule has 0 bridgehead atoms. The monoisotopic (exact) mass is 376 g/mol. The summed E-state index contributed by atoms with van der Waals surface area (Å²) in [6.07, 6.45) is 0.00527. The lowest BCUT2D eigenvalue weighted by atomic mass is 9.84. The van der Waals surface area contributed by atoms with E-state index in [-0.39, 0.29) is 30.0 Å². The number of hydroxylamine groups is 2. The molecule has 0 fully saturated rings. The van der Waals surface area contributed by atoms with Crippen molar-refractivity contribution >= 4 is 11.7 Å². The fourth-order valence-electron chi connectivity index (χ4n) is 3.00. The third-order valence-corrected chi connectivity index (χ3v) is 4.12. The molecule has 0 saturated heterocycles. The van der Waals surface area contributed by atoms with E-state index in [1.807, 2.05) is 6.07 Å². The number of carbonyl (C=O) groups is 1. The van der Waals surface area contributed by atoms with E-state index >= 15 is 0 Å². The number of allylic oxidation sites excluding steroid dienone is 3. The summed E-state index contributed by atoms with van der Waals surface area (Å²) in [5.74, 6) is -1.76. The Balaban J connectivity index is 2.56. The molecular weight excluding hydrogens is 356 g/mol. The zero-order valence-corrected chi connectivity index (χ0v) is 14.8. The molecule has 1 heterocycles. The molecule has 0 aliphatic carbocycles. The first-order valence-corrected chi connectivity index (χ1v) is 8.07. The maximum atomic E-state index is 12.6. The second kappa shape index (κ2) is 8.74. The molecular formula is C17H20N4O6. The van der Waals surface area contributed by atoms with Crippen LogP contribution in [0.5, 0.6) is 0 Å². The summed E-state index contributed by atoms with van der Waals surface area (Å²) < 4.78 is 5.09. The summed E-state index contributed by atoms with van der Waals surface area (Å²) in [7, 11) is 0. The van der Waals surface area contributed by atoms with Gasteiger partial charge in [0.15, 0.2) is 11.4 Å². The minimum atomic E-state index is -1.24. The number of benzene rings is 1. The molecule has 1 aliphatic rings. The van der Waals surface area contributed by atoms with Crippen LogP contribution in [-0.2, 0) is 9.53 Å². The van der Waals surface area contributed by atoms with Crippen molar-refractivity contribution in [2.75, 3.05) is 6.61 Å². The van der Waals surface area contributed by atoms with Gasteiger partial charge in [-0.15, -0.1) is 0 Å². The normalized spacial score (nSPS) is 19.2. The summed E-state index contributed by atoms with van der Waals surface area (Å²) in [5.41, 5.74) is 1.07. The molecule has 5 N–H and O–H groups in total. The molecule has 1 aromatic rings. The minimum Gasteiger partial charge on any atom is -0.595 e. The third kappa shape index (κ3) is 4.50. The van der Waals surface area contributed by atoms with Crippen LogP contribution in [0.25, 0.3) is 0 Å². The van der Waals surface area contributed by atoms with Gasteiger partial charge in [0.05, 0.1) is 29.7 Å². The van der Waals surface area contributed by atoms with Crippen LogP contribution in [0, 0.1) is 21.7 Å². The molecule has 27 heavy (non-hydrogen) atoms.